The molecule has 2 atom stereocenters. The number of amides is 1. The largest absolute Gasteiger partial charge is 0.481 e. The third-order valence-corrected chi connectivity index (χ3v) is 3.91. The molecule has 1 saturated carbocycles. The van der Waals surface area contributed by atoms with Crippen LogP contribution in [0, 0.1) is 16.0 Å². The van der Waals surface area contributed by atoms with Crippen LogP contribution in [0.25, 0.3) is 0 Å². The number of carbonyl (C=O) groups excluding carboxylic acids is 1. The number of nitrogens with one attached hydrogen (secondary N) is 1. The lowest BCUT2D eigenvalue weighted by Crippen LogP contribution is -2.33. The van der Waals surface area contributed by atoms with Crippen molar-refractivity contribution in [2.24, 2.45) is 5.92 Å². The predicted octanol–water partition coefficient (Wildman–Crippen LogP) is 1.90. The lowest BCUT2D eigenvalue weighted by Gasteiger charge is -2.12. The van der Waals surface area contributed by atoms with Crippen LogP contribution in [0.5, 0.6) is 0 Å². The fourth-order valence-corrected chi connectivity index (χ4v) is 2.72. The van der Waals surface area contributed by atoms with Gasteiger partial charge in [0.05, 0.1) is 10.8 Å². The number of benzene rings is 1. The summed E-state index contributed by atoms with van der Waals surface area (Å²) in [7, 11) is 0. The highest BCUT2D eigenvalue weighted by atomic mass is 16.6. The van der Waals surface area contributed by atoms with Crippen molar-refractivity contribution in [2.45, 2.75) is 38.1 Å². The van der Waals surface area contributed by atoms with E-state index in [4.69, 9.17) is 5.11 Å². The first-order valence-corrected chi connectivity index (χ1v) is 7.21. The van der Waals surface area contributed by atoms with Gasteiger partial charge in [-0.25, -0.2) is 0 Å². The van der Waals surface area contributed by atoms with Gasteiger partial charge in [-0.05, 0) is 31.2 Å². The van der Waals surface area contributed by atoms with Gasteiger partial charge in [0, 0.05) is 24.6 Å². The number of carboxylic acid groups (broad SMARTS) is 1. The van der Waals surface area contributed by atoms with Crippen LogP contribution in [-0.2, 0) is 16.0 Å². The molecule has 0 aliphatic heterocycles. The first-order valence-electron chi connectivity index (χ1n) is 7.21. The monoisotopic (exact) mass is 306 g/mol. The van der Waals surface area contributed by atoms with Crippen LogP contribution >= 0.6 is 0 Å². The number of rotatable bonds is 6. The lowest BCUT2D eigenvalue weighted by atomic mass is 10.1. The molecule has 118 valence electrons. The minimum absolute atomic E-state index is 0.0120. The summed E-state index contributed by atoms with van der Waals surface area (Å²) < 4.78 is 0. The highest BCUT2D eigenvalue weighted by Gasteiger charge is 2.30. The van der Waals surface area contributed by atoms with Crippen LogP contribution < -0.4 is 5.32 Å². The number of hydrogen-bond donors (Lipinski definition) is 2. The topological polar surface area (TPSA) is 110 Å². The Morgan fingerprint density at radius 2 is 2.14 bits per heavy atom. The Kier molecular flexibility index (Phi) is 5.08. The molecule has 2 N–H and O–H groups in total. The highest BCUT2D eigenvalue weighted by molar-refractivity contribution is 5.77. The zero-order valence-corrected chi connectivity index (χ0v) is 12.0. The molecule has 0 unspecified atom stereocenters. The van der Waals surface area contributed by atoms with Crippen molar-refractivity contribution in [3.05, 3.63) is 39.9 Å². The number of carboxylic acids is 1. The molecule has 0 saturated heterocycles. The molecule has 1 amide bonds. The van der Waals surface area contributed by atoms with Crippen molar-refractivity contribution in [1.29, 1.82) is 0 Å². The van der Waals surface area contributed by atoms with Gasteiger partial charge in [0.25, 0.3) is 5.69 Å². The summed E-state index contributed by atoms with van der Waals surface area (Å²) in [6, 6.07) is 6.13. The second-order valence-electron chi connectivity index (χ2n) is 5.54. The molecule has 7 nitrogen and oxygen atoms in total. The molecule has 0 spiro atoms. The van der Waals surface area contributed by atoms with E-state index in [1.54, 1.807) is 12.1 Å². The predicted molar refractivity (Wildman–Crippen MR) is 78.3 cm³/mol. The minimum atomic E-state index is -0.812. The van der Waals surface area contributed by atoms with Gasteiger partial charge >= 0.3 is 5.97 Å². The third-order valence-electron chi connectivity index (χ3n) is 3.91. The summed E-state index contributed by atoms with van der Waals surface area (Å²) in [5.41, 5.74) is 0.747. The van der Waals surface area contributed by atoms with Crippen molar-refractivity contribution in [1.82, 2.24) is 5.32 Å². The van der Waals surface area contributed by atoms with Crippen LogP contribution in [0.2, 0.25) is 0 Å². The Bertz CT molecular complexity index is 587. The maximum Gasteiger partial charge on any atom is 0.306 e. The van der Waals surface area contributed by atoms with Crippen LogP contribution in [-0.4, -0.2) is 27.9 Å². The molecule has 0 aromatic heterocycles. The van der Waals surface area contributed by atoms with Crippen molar-refractivity contribution >= 4 is 17.6 Å². The van der Waals surface area contributed by atoms with Gasteiger partial charge in [0.15, 0.2) is 0 Å². The van der Waals surface area contributed by atoms with Crippen LogP contribution in [0.3, 0.4) is 0 Å². The average molecular weight is 306 g/mol. The number of nitrogens with zero attached hydrogens (tertiary/aromatic N) is 1. The normalized spacial score (nSPS) is 20.5. The molecule has 1 aliphatic rings. The summed E-state index contributed by atoms with van der Waals surface area (Å²) in [6.07, 6.45) is 2.39. The van der Waals surface area contributed by atoms with Gasteiger partial charge in [-0.3, -0.25) is 19.7 Å². The number of non-ortho nitro benzene ring substituents is 1. The van der Waals surface area contributed by atoms with Gasteiger partial charge in [-0.1, -0.05) is 12.1 Å². The molecule has 0 bridgehead atoms. The summed E-state index contributed by atoms with van der Waals surface area (Å²) in [4.78, 5) is 33.0. The lowest BCUT2D eigenvalue weighted by molar-refractivity contribution is -0.384. The van der Waals surface area contributed by atoms with Crippen molar-refractivity contribution in [3.63, 3.8) is 0 Å². The van der Waals surface area contributed by atoms with Crippen molar-refractivity contribution in [3.8, 4) is 0 Å². The molecule has 2 rings (SSSR count). The van der Waals surface area contributed by atoms with Gasteiger partial charge in [-0.15, -0.1) is 0 Å². The summed E-state index contributed by atoms with van der Waals surface area (Å²) in [5, 5.41) is 22.4. The van der Waals surface area contributed by atoms with Gasteiger partial charge in [0.2, 0.25) is 5.91 Å². The van der Waals surface area contributed by atoms with Crippen LogP contribution in [0.4, 0.5) is 5.69 Å². The Morgan fingerprint density at radius 1 is 1.36 bits per heavy atom. The van der Waals surface area contributed by atoms with Crippen molar-refractivity contribution < 1.29 is 19.6 Å². The van der Waals surface area contributed by atoms with E-state index in [1.165, 1.54) is 12.1 Å². The van der Waals surface area contributed by atoms with Crippen LogP contribution in [0.15, 0.2) is 24.3 Å². The van der Waals surface area contributed by atoms with E-state index in [9.17, 15) is 19.7 Å². The average Bonchev–Trinajstić information content (AvgIpc) is 2.94. The highest BCUT2D eigenvalue weighted by Crippen LogP contribution is 2.25. The Balaban J connectivity index is 1.80. The molecule has 7 heteroatoms. The number of hydrogen-bond acceptors (Lipinski definition) is 4. The molecule has 0 heterocycles. The minimum Gasteiger partial charge on any atom is -0.481 e. The maximum atomic E-state index is 11.9. The number of carbonyl (C=O) groups is 2. The number of nitro groups is 1. The third kappa shape index (κ3) is 4.28. The molecule has 0 radical (unpaired) electrons. The van der Waals surface area contributed by atoms with E-state index < -0.39 is 10.9 Å². The second kappa shape index (κ2) is 7.02. The molecule has 1 aromatic carbocycles. The van der Waals surface area contributed by atoms with E-state index in [0.717, 1.165) is 5.56 Å². The fraction of sp³-hybridized carbons (Fsp3) is 0.467. The van der Waals surface area contributed by atoms with E-state index >= 15 is 0 Å². The van der Waals surface area contributed by atoms with E-state index in [1.807, 2.05) is 0 Å². The quantitative estimate of drug-likeness (QED) is 0.616. The Labute approximate surface area is 127 Å². The zero-order valence-electron chi connectivity index (χ0n) is 12.0. The zero-order chi connectivity index (χ0) is 16.1. The summed E-state index contributed by atoms with van der Waals surface area (Å²) >= 11 is 0. The standard InChI is InChI=1S/C15H18N2O5/c18-14(16-12-6-5-11(9-12)15(19)20)7-4-10-2-1-3-13(8-10)17(21)22/h1-3,8,11-12H,4-7,9H2,(H,16,18)(H,19,20)/t11-,12+/m1/s1. The number of nitro benzene ring substituents is 1. The van der Waals surface area contributed by atoms with Gasteiger partial charge in [0.1, 0.15) is 0 Å². The molecule has 22 heavy (non-hydrogen) atoms. The first kappa shape index (κ1) is 15.9. The fourth-order valence-electron chi connectivity index (χ4n) is 2.72. The maximum absolute atomic E-state index is 11.9. The molecule has 1 aliphatic carbocycles. The molecular formula is C15H18N2O5. The Hall–Kier alpha value is -2.44. The number of aryl methyl sites for hydroxylation is 1. The van der Waals surface area contributed by atoms with Crippen molar-refractivity contribution in [2.75, 3.05) is 0 Å². The second-order valence-corrected chi connectivity index (χ2v) is 5.54. The molecular weight excluding hydrogens is 288 g/mol. The van der Waals surface area contributed by atoms with E-state index in [0.29, 0.717) is 25.7 Å². The smallest absolute Gasteiger partial charge is 0.306 e. The summed E-state index contributed by atoms with van der Waals surface area (Å²) in [5.74, 6) is -1.34. The molecule has 1 aromatic rings. The number of aliphatic carboxylic acids is 1. The first-order chi connectivity index (χ1) is 10.5. The molecule has 1 fully saturated rings. The van der Waals surface area contributed by atoms with E-state index in [2.05, 4.69) is 5.32 Å². The Morgan fingerprint density at radius 3 is 2.77 bits per heavy atom. The van der Waals surface area contributed by atoms with Gasteiger partial charge < -0.3 is 10.4 Å². The SMILES string of the molecule is O=C(CCc1cccc([N+](=O)[O-])c1)N[C@H]1CC[C@@H](C(=O)O)C1. The summed E-state index contributed by atoms with van der Waals surface area (Å²) in [6.45, 7) is 0. The van der Waals surface area contributed by atoms with E-state index in [-0.39, 0.29) is 30.0 Å². The van der Waals surface area contributed by atoms with Crippen LogP contribution in [0.1, 0.15) is 31.2 Å². The van der Waals surface area contributed by atoms with Gasteiger partial charge in [-0.2, -0.15) is 0 Å².